The quantitative estimate of drug-likeness (QED) is 0.633. The van der Waals surface area contributed by atoms with E-state index in [0.29, 0.717) is 12.2 Å². The summed E-state index contributed by atoms with van der Waals surface area (Å²) in [4.78, 5) is 19.4. The van der Waals surface area contributed by atoms with E-state index in [0.717, 1.165) is 23.6 Å². The van der Waals surface area contributed by atoms with E-state index >= 15 is 0 Å². The molecule has 2 rings (SSSR count). The Morgan fingerprint density at radius 1 is 1.53 bits per heavy atom. The van der Waals surface area contributed by atoms with Gasteiger partial charge < -0.3 is 10.5 Å². The molecular formula is C11H15N3O2S. The maximum absolute atomic E-state index is 11.2. The summed E-state index contributed by atoms with van der Waals surface area (Å²) in [5.74, 6) is 1.16. The molecule has 0 radical (unpaired) electrons. The molecule has 1 aromatic rings. The lowest BCUT2D eigenvalue weighted by molar-refractivity contribution is -0.141. The van der Waals surface area contributed by atoms with Crippen LogP contribution >= 0.6 is 11.8 Å². The van der Waals surface area contributed by atoms with Gasteiger partial charge in [-0.15, -0.1) is 11.8 Å². The van der Waals surface area contributed by atoms with E-state index < -0.39 is 0 Å². The summed E-state index contributed by atoms with van der Waals surface area (Å²) in [6, 6.07) is 0. The molecule has 1 aromatic heterocycles. The van der Waals surface area contributed by atoms with Crippen molar-refractivity contribution >= 4 is 23.5 Å². The van der Waals surface area contributed by atoms with Crippen LogP contribution in [0, 0.1) is 5.41 Å². The van der Waals surface area contributed by atoms with E-state index in [2.05, 4.69) is 9.97 Å². The molecule has 1 heterocycles. The Kier molecular flexibility index (Phi) is 3.51. The average Bonchev–Trinajstić information content (AvgIpc) is 3.09. The second-order valence-corrected chi connectivity index (χ2v) is 5.32. The van der Waals surface area contributed by atoms with Gasteiger partial charge in [0.1, 0.15) is 10.8 Å². The monoisotopic (exact) mass is 253 g/mol. The number of hydrogen-bond acceptors (Lipinski definition) is 6. The number of nitrogens with two attached hydrogens (primary N) is 1. The van der Waals surface area contributed by atoms with Gasteiger partial charge in [0.05, 0.1) is 25.9 Å². The maximum Gasteiger partial charge on any atom is 0.306 e. The Morgan fingerprint density at radius 2 is 2.29 bits per heavy atom. The van der Waals surface area contributed by atoms with Crippen LogP contribution in [0.25, 0.3) is 0 Å². The molecule has 0 amide bonds. The summed E-state index contributed by atoms with van der Waals surface area (Å²) in [6.07, 6.45) is 5.87. The summed E-state index contributed by atoms with van der Waals surface area (Å²) in [7, 11) is 1.43. The van der Waals surface area contributed by atoms with Crippen molar-refractivity contribution in [1.82, 2.24) is 9.97 Å². The van der Waals surface area contributed by atoms with Gasteiger partial charge in [-0.2, -0.15) is 0 Å². The molecular weight excluding hydrogens is 238 g/mol. The summed E-state index contributed by atoms with van der Waals surface area (Å²) in [6.45, 7) is 0. The fourth-order valence-corrected chi connectivity index (χ4v) is 2.65. The van der Waals surface area contributed by atoms with E-state index in [4.69, 9.17) is 10.5 Å². The van der Waals surface area contributed by atoms with Crippen molar-refractivity contribution in [3.05, 3.63) is 12.4 Å². The number of thioether (sulfide) groups is 1. The van der Waals surface area contributed by atoms with Crippen LogP contribution in [-0.2, 0) is 9.53 Å². The Bertz CT molecular complexity index is 404. The molecule has 2 N–H and O–H groups in total. The zero-order chi connectivity index (χ0) is 12.3. The molecule has 17 heavy (non-hydrogen) atoms. The van der Waals surface area contributed by atoms with Crippen LogP contribution in [0.5, 0.6) is 0 Å². The van der Waals surface area contributed by atoms with E-state index in [1.807, 2.05) is 0 Å². The van der Waals surface area contributed by atoms with E-state index in [1.54, 1.807) is 24.2 Å². The van der Waals surface area contributed by atoms with Gasteiger partial charge in [-0.25, -0.2) is 9.97 Å². The summed E-state index contributed by atoms with van der Waals surface area (Å²) >= 11 is 1.61. The first-order valence-corrected chi connectivity index (χ1v) is 6.39. The number of carbonyl (C=O) groups excluding carboxylic acids is 1. The second-order valence-electron chi connectivity index (χ2n) is 4.32. The Morgan fingerprint density at radius 3 is 2.82 bits per heavy atom. The van der Waals surface area contributed by atoms with Gasteiger partial charge in [0.25, 0.3) is 0 Å². The highest BCUT2D eigenvalue weighted by atomic mass is 32.2. The number of nitrogens with zero attached hydrogens (tertiary/aromatic N) is 2. The highest BCUT2D eigenvalue weighted by Crippen LogP contribution is 2.51. The second kappa shape index (κ2) is 4.91. The minimum atomic E-state index is -0.133. The normalized spacial score (nSPS) is 16.5. The molecule has 1 fully saturated rings. The Hall–Kier alpha value is -1.30. The zero-order valence-electron chi connectivity index (χ0n) is 9.68. The molecule has 6 heteroatoms. The van der Waals surface area contributed by atoms with Gasteiger partial charge in [-0.1, -0.05) is 0 Å². The number of anilines is 1. The smallest absolute Gasteiger partial charge is 0.306 e. The Balaban J connectivity index is 1.85. The molecule has 92 valence electrons. The SMILES string of the molecule is COC(=O)CC1(CSc2cnc(N)cn2)CC1. The third-order valence-electron chi connectivity index (χ3n) is 2.88. The highest BCUT2D eigenvalue weighted by Gasteiger charge is 2.44. The number of carbonyl (C=O) groups is 1. The molecule has 0 saturated heterocycles. The number of esters is 1. The van der Waals surface area contributed by atoms with E-state index in [1.165, 1.54) is 7.11 Å². The van der Waals surface area contributed by atoms with Crippen LogP contribution in [0.15, 0.2) is 17.4 Å². The molecule has 0 atom stereocenters. The van der Waals surface area contributed by atoms with E-state index in [9.17, 15) is 4.79 Å². The molecule has 1 aliphatic carbocycles. The predicted octanol–water partition coefficient (Wildman–Crippen LogP) is 1.49. The lowest BCUT2D eigenvalue weighted by Gasteiger charge is -2.12. The first kappa shape index (κ1) is 12.2. The van der Waals surface area contributed by atoms with Gasteiger partial charge in [0.2, 0.25) is 0 Å². The van der Waals surface area contributed by atoms with Crippen molar-refractivity contribution in [2.24, 2.45) is 5.41 Å². The molecule has 0 spiro atoms. The van der Waals surface area contributed by atoms with E-state index in [-0.39, 0.29) is 11.4 Å². The molecule has 1 aliphatic rings. The Labute approximate surface area is 104 Å². The summed E-state index contributed by atoms with van der Waals surface area (Å²) in [5, 5.41) is 0.843. The number of ether oxygens (including phenoxy) is 1. The molecule has 5 nitrogen and oxygen atoms in total. The highest BCUT2D eigenvalue weighted by molar-refractivity contribution is 7.99. The van der Waals surface area contributed by atoms with Gasteiger partial charge in [0.15, 0.2) is 0 Å². The molecule has 0 bridgehead atoms. The standard InChI is InChI=1S/C11H15N3O2S/c1-16-10(15)4-11(2-3-11)7-17-9-6-13-8(12)5-14-9/h5-6H,2-4,7H2,1H3,(H2,12,13). The summed E-state index contributed by atoms with van der Waals surface area (Å²) < 4.78 is 4.70. The van der Waals surface area contributed by atoms with Crippen LogP contribution < -0.4 is 5.73 Å². The van der Waals surface area contributed by atoms with Gasteiger partial charge in [-0.3, -0.25) is 4.79 Å². The largest absolute Gasteiger partial charge is 0.469 e. The fourth-order valence-electron chi connectivity index (χ4n) is 1.56. The number of nitrogen functional groups attached to an aromatic ring is 1. The predicted molar refractivity (Wildman–Crippen MR) is 65.5 cm³/mol. The zero-order valence-corrected chi connectivity index (χ0v) is 10.5. The lowest BCUT2D eigenvalue weighted by Crippen LogP contribution is -2.13. The van der Waals surface area contributed by atoms with Gasteiger partial charge in [0, 0.05) is 5.75 Å². The first-order chi connectivity index (χ1) is 8.13. The van der Waals surface area contributed by atoms with Crippen molar-refractivity contribution in [3.63, 3.8) is 0 Å². The topological polar surface area (TPSA) is 78.1 Å². The maximum atomic E-state index is 11.2. The van der Waals surface area contributed by atoms with Gasteiger partial charge in [-0.05, 0) is 18.3 Å². The van der Waals surface area contributed by atoms with Crippen LogP contribution in [0.1, 0.15) is 19.3 Å². The number of aromatic nitrogens is 2. The minimum Gasteiger partial charge on any atom is -0.469 e. The van der Waals surface area contributed by atoms with Crippen LogP contribution in [0.3, 0.4) is 0 Å². The third kappa shape index (κ3) is 3.33. The number of methoxy groups -OCH3 is 1. The van der Waals surface area contributed by atoms with Crippen LogP contribution in [0.4, 0.5) is 5.82 Å². The number of rotatable bonds is 5. The van der Waals surface area contributed by atoms with Crippen molar-refractivity contribution in [2.75, 3.05) is 18.6 Å². The van der Waals surface area contributed by atoms with Crippen molar-refractivity contribution < 1.29 is 9.53 Å². The summed E-state index contributed by atoms with van der Waals surface area (Å²) in [5.41, 5.74) is 5.57. The molecule has 0 unspecified atom stereocenters. The molecule has 0 aliphatic heterocycles. The number of hydrogen-bond donors (Lipinski definition) is 1. The first-order valence-electron chi connectivity index (χ1n) is 5.41. The fraction of sp³-hybridized carbons (Fsp3) is 0.545. The molecule has 0 aromatic carbocycles. The van der Waals surface area contributed by atoms with Crippen molar-refractivity contribution in [2.45, 2.75) is 24.3 Å². The average molecular weight is 253 g/mol. The van der Waals surface area contributed by atoms with Crippen molar-refractivity contribution in [3.8, 4) is 0 Å². The van der Waals surface area contributed by atoms with Gasteiger partial charge >= 0.3 is 5.97 Å². The minimum absolute atomic E-state index is 0.112. The van der Waals surface area contributed by atoms with Crippen LogP contribution in [0.2, 0.25) is 0 Å². The molecule has 1 saturated carbocycles. The van der Waals surface area contributed by atoms with Crippen molar-refractivity contribution in [1.29, 1.82) is 0 Å². The lowest BCUT2D eigenvalue weighted by atomic mass is 10.1. The third-order valence-corrected chi connectivity index (χ3v) is 4.14. The van der Waals surface area contributed by atoms with Crippen LogP contribution in [-0.4, -0.2) is 28.8 Å².